The molecule has 0 spiro atoms. The molecule has 0 fully saturated rings. The van der Waals surface area contributed by atoms with Gasteiger partial charge in [-0.15, -0.1) is 0 Å². The highest BCUT2D eigenvalue weighted by atomic mass is 32.2. The van der Waals surface area contributed by atoms with Gasteiger partial charge < -0.3 is 4.90 Å². The van der Waals surface area contributed by atoms with Gasteiger partial charge in [-0.25, -0.2) is 4.31 Å². The highest BCUT2D eigenvalue weighted by molar-refractivity contribution is 7.97. The highest BCUT2D eigenvalue weighted by Gasteiger charge is 2.19. The van der Waals surface area contributed by atoms with E-state index in [2.05, 4.69) is 34.2 Å². The maximum Gasteiger partial charge on any atom is 0.0803 e. The van der Waals surface area contributed by atoms with Gasteiger partial charge in [-0.2, -0.15) is 0 Å². The number of hydrogen-bond acceptors (Lipinski definition) is 4. The Hall–Kier alpha value is -0.740. The molecule has 2 rings (SSSR count). The second-order valence-electron chi connectivity index (χ2n) is 3.48. The fraction of sp³-hybridized carbons (Fsp3) is 0.500. The third-order valence-electron chi connectivity index (χ3n) is 2.24. The van der Waals surface area contributed by atoms with Crippen molar-refractivity contribution in [2.45, 2.75) is 18.2 Å². The van der Waals surface area contributed by atoms with E-state index in [9.17, 15) is 0 Å². The second-order valence-corrected chi connectivity index (χ2v) is 4.62. The van der Waals surface area contributed by atoms with E-state index in [0.29, 0.717) is 0 Å². The Labute approximate surface area is 89.2 Å². The van der Waals surface area contributed by atoms with E-state index in [0.717, 1.165) is 13.2 Å². The molecule has 3 nitrogen and oxygen atoms in total. The van der Waals surface area contributed by atoms with Gasteiger partial charge in [0.2, 0.25) is 0 Å². The zero-order chi connectivity index (χ0) is 9.97. The minimum absolute atomic E-state index is 0.996. The molecule has 0 aliphatic carbocycles. The molecule has 0 amide bonds. The van der Waals surface area contributed by atoms with Gasteiger partial charge in [0.05, 0.1) is 17.3 Å². The van der Waals surface area contributed by atoms with Crippen molar-refractivity contribution in [1.29, 1.82) is 0 Å². The minimum Gasteiger partial charge on any atom is -0.360 e. The maximum atomic E-state index is 4.15. The van der Waals surface area contributed by atoms with Crippen LogP contribution in [0.3, 0.4) is 0 Å². The second kappa shape index (κ2) is 4.19. The normalized spacial score (nSPS) is 16.9. The topological polar surface area (TPSA) is 19.4 Å². The average Bonchev–Trinajstić information content (AvgIpc) is 2.18. The molecule has 2 heterocycles. The molecule has 0 bridgehead atoms. The van der Waals surface area contributed by atoms with Crippen LogP contribution in [0.4, 0.5) is 5.69 Å². The van der Waals surface area contributed by atoms with Crippen LogP contribution in [0.2, 0.25) is 0 Å². The Morgan fingerprint density at radius 3 is 3.21 bits per heavy atom. The van der Waals surface area contributed by atoms with Crippen molar-refractivity contribution in [2.75, 3.05) is 25.2 Å². The number of nitrogens with zero attached hydrogens (tertiary/aromatic N) is 3. The summed E-state index contributed by atoms with van der Waals surface area (Å²) in [5, 5.41) is 0. The van der Waals surface area contributed by atoms with Crippen molar-refractivity contribution >= 4 is 17.6 Å². The Balaban J connectivity index is 2.20. The van der Waals surface area contributed by atoms with E-state index >= 15 is 0 Å². The van der Waals surface area contributed by atoms with Crippen LogP contribution in [0.25, 0.3) is 0 Å². The molecule has 76 valence electrons. The van der Waals surface area contributed by atoms with E-state index in [-0.39, 0.29) is 0 Å². The fourth-order valence-electron chi connectivity index (χ4n) is 1.60. The van der Waals surface area contributed by atoms with Gasteiger partial charge >= 0.3 is 0 Å². The summed E-state index contributed by atoms with van der Waals surface area (Å²) in [6.45, 7) is 4.33. The Morgan fingerprint density at radius 1 is 1.57 bits per heavy atom. The highest BCUT2D eigenvalue weighted by Crippen LogP contribution is 2.35. The van der Waals surface area contributed by atoms with Gasteiger partial charge in [0.1, 0.15) is 0 Å². The summed E-state index contributed by atoms with van der Waals surface area (Å²) in [4.78, 5) is 7.68. The van der Waals surface area contributed by atoms with E-state index in [1.807, 2.05) is 24.3 Å². The van der Waals surface area contributed by atoms with Crippen LogP contribution >= 0.6 is 11.9 Å². The van der Waals surface area contributed by atoms with Crippen molar-refractivity contribution in [3.05, 3.63) is 18.5 Å². The zero-order valence-corrected chi connectivity index (χ0v) is 9.42. The van der Waals surface area contributed by atoms with Crippen molar-refractivity contribution in [2.24, 2.45) is 0 Å². The molecule has 0 unspecified atom stereocenters. The number of pyridine rings is 1. The summed E-state index contributed by atoms with van der Waals surface area (Å²) >= 11 is 1.81. The van der Waals surface area contributed by atoms with Crippen molar-refractivity contribution in [1.82, 2.24) is 9.29 Å². The van der Waals surface area contributed by atoms with Crippen molar-refractivity contribution < 1.29 is 0 Å². The third kappa shape index (κ3) is 1.86. The molecule has 0 saturated carbocycles. The molecule has 0 radical (unpaired) electrons. The number of fused-ring (bicyclic) bond motifs is 1. The molecular weight excluding hydrogens is 194 g/mol. The first-order valence-corrected chi connectivity index (χ1v) is 5.66. The number of aromatic nitrogens is 1. The lowest BCUT2D eigenvalue weighted by Crippen LogP contribution is -2.35. The lowest BCUT2D eigenvalue weighted by Gasteiger charge is -2.34. The zero-order valence-electron chi connectivity index (χ0n) is 8.60. The lowest BCUT2D eigenvalue weighted by atomic mass is 10.4. The molecular formula is C10H15N3S. The number of anilines is 1. The lowest BCUT2D eigenvalue weighted by molar-refractivity contribution is 0.462. The van der Waals surface area contributed by atoms with Crippen molar-refractivity contribution in [3.63, 3.8) is 0 Å². The van der Waals surface area contributed by atoms with Gasteiger partial charge in [0.15, 0.2) is 0 Å². The minimum atomic E-state index is 0.996. The first kappa shape index (κ1) is 9.80. The summed E-state index contributed by atoms with van der Waals surface area (Å²) in [7, 11) is 2.13. The van der Waals surface area contributed by atoms with E-state index in [1.54, 1.807) is 0 Å². The third-order valence-corrected chi connectivity index (χ3v) is 3.31. The predicted molar refractivity (Wildman–Crippen MR) is 60.4 cm³/mol. The van der Waals surface area contributed by atoms with Crippen LogP contribution in [-0.2, 0) is 0 Å². The summed E-state index contributed by atoms with van der Waals surface area (Å²) < 4.78 is 2.37. The summed E-state index contributed by atoms with van der Waals surface area (Å²) in [6.07, 6.45) is 4.99. The van der Waals surface area contributed by atoms with Crippen molar-refractivity contribution in [3.8, 4) is 0 Å². The van der Waals surface area contributed by atoms with Gasteiger partial charge in [-0.3, -0.25) is 4.98 Å². The average molecular weight is 209 g/mol. The van der Waals surface area contributed by atoms with Crippen LogP contribution in [0.1, 0.15) is 13.3 Å². The molecule has 0 saturated heterocycles. The molecule has 14 heavy (non-hydrogen) atoms. The molecule has 1 aromatic rings. The molecule has 0 aromatic carbocycles. The van der Waals surface area contributed by atoms with Gasteiger partial charge in [0.25, 0.3) is 0 Å². The SMILES string of the molecule is CCCN1CN(C)c2ccncc2S1. The molecule has 1 aliphatic heterocycles. The van der Waals surface area contributed by atoms with Crippen LogP contribution < -0.4 is 4.90 Å². The standard InChI is InChI=1S/C10H15N3S/c1-3-6-13-8-12(2)9-4-5-11-7-10(9)14-13/h4-5,7H,3,6,8H2,1-2H3. The van der Waals surface area contributed by atoms with Crippen LogP contribution in [0, 0.1) is 0 Å². The van der Waals surface area contributed by atoms with Crippen LogP contribution in [0.15, 0.2) is 23.4 Å². The Bertz CT molecular complexity index is 316. The summed E-state index contributed by atoms with van der Waals surface area (Å²) in [5.41, 5.74) is 1.29. The molecule has 0 atom stereocenters. The Morgan fingerprint density at radius 2 is 2.43 bits per heavy atom. The summed E-state index contributed by atoms with van der Waals surface area (Å²) in [6, 6.07) is 2.08. The van der Waals surface area contributed by atoms with E-state index in [1.165, 1.54) is 17.0 Å². The van der Waals surface area contributed by atoms with Crippen LogP contribution in [0.5, 0.6) is 0 Å². The van der Waals surface area contributed by atoms with Crippen LogP contribution in [-0.4, -0.2) is 29.6 Å². The quantitative estimate of drug-likeness (QED) is 0.695. The first-order valence-electron chi connectivity index (χ1n) is 4.89. The molecule has 1 aromatic heterocycles. The predicted octanol–water partition coefficient (Wildman–Crippen LogP) is 2.21. The van der Waals surface area contributed by atoms with Gasteiger partial charge in [-0.05, 0) is 24.4 Å². The molecule has 1 aliphatic rings. The maximum absolute atomic E-state index is 4.15. The van der Waals surface area contributed by atoms with E-state index in [4.69, 9.17) is 0 Å². The smallest absolute Gasteiger partial charge is 0.0803 e. The number of rotatable bonds is 2. The summed E-state index contributed by atoms with van der Waals surface area (Å²) in [5.74, 6) is 0. The number of hydrogen-bond donors (Lipinski definition) is 0. The largest absolute Gasteiger partial charge is 0.360 e. The van der Waals surface area contributed by atoms with Gasteiger partial charge in [-0.1, -0.05) is 6.92 Å². The Kier molecular flexibility index (Phi) is 2.93. The molecule has 0 N–H and O–H groups in total. The first-order chi connectivity index (χ1) is 6.81. The van der Waals surface area contributed by atoms with E-state index < -0.39 is 0 Å². The molecule has 4 heteroatoms. The monoisotopic (exact) mass is 209 g/mol. The fourth-order valence-corrected chi connectivity index (χ4v) is 2.81. The van der Waals surface area contributed by atoms with Gasteiger partial charge in [0, 0.05) is 26.0 Å².